The summed E-state index contributed by atoms with van der Waals surface area (Å²) in [5, 5.41) is 9.91. The fraction of sp³-hybridized carbons (Fsp3) is 0.667. The van der Waals surface area contributed by atoms with Gasteiger partial charge >= 0.3 is 0 Å². The van der Waals surface area contributed by atoms with Gasteiger partial charge in [0.05, 0.1) is 6.10 Å². The van der Waals surface area contributed by atoms with Crippen LogP contribution in [0.3, 0.4) is 0 Å². The zero-order valence-corrected chi connectivity index (χ0v) is 11.0. The monoisotopic (exact) mass is 246 g/mol. The number of hydrogen-bond donors (Lipinski definition) is 1. The highest BCUT2D eigenvalue weighted by molar-refractivity contribution is 5.49. The molecule has 1 aromatic heterocycles. The fourth-order valence-corrected chi connectivity index (χ4v) is 3.69. The number of aliphatic hydroxyl groups excluding tert-OH is 1. The maximum atomic E-state index is 9.91. The summed E-state index contributed by atoms with van der Waals surface area (Å²) in [6.45, 7) is 2.93. The van der Waals surface area contributed by atoms with Crippen molar-refractivity contribution in [2.45, 2.75) is 51.2 Å². The van der Waals surface area contributed by atoms with E-state index < -0.39 is 6.10 Å². The van der Waals surface area contributed by atoms with Gasteiger partial charge in [-0.15, -0.1) is 0 Å². The fourth-order valence-electron chi connectivity index (χ4n) is 3.69. The molecule has 2 fully saturated rings. The molecular formula is C15H22N2O. The zero-order valence-electron chi connectivity index (χ0n) is 11.0. The Kier molecular flexibility index (Phi) is 3.25. The Morgan fingerprint density at radius 3 is 3.00 bits per heavy atom. The third kappa shape index (κ3) is 2.01. The highest BCUT2D eigenvalue weighted by Gasteiger charge is 2.36. The first-order valence-electron chi connectivity index (χ1n) is 7.17. The predicted octanol–water partition coefficient (Wildman–Crippen LogP) is 2.90. The summed E-state index contributed by atoms with van der Waals surface area (Å²) in [7, 11) is 0. The molecule has 3 rings (SSSR count). The first-order valence-corrected chi connectivity index (χ1v) is 7.17. The van der Waals surface area contributed by atoms with Crippen LogP contribution in [0, 0.1) is 5.92 Å². The van der Waals surface area contributed by atoms with E-state index in [1.807, 2.05) is 25.3 Å². The average molecular weight is 246 g/mol. The smallest absolute Gasteiger partial charge is 0.134 e. The van der Waals surface area contributed by atoms with Gasteiger partial charge in [0.25, 0.3) is 0 Å². The van der Waals surface area contributed by atoms with Gasteiger partial charge in [-0.05, 0) is 44.6 Å². The van der Waals surface area contributed by atoms with Crippen LogP contribution in [0.2, 0.25) is 0 Å². The first kappa shape index (κ1) is 12.0. The number of aliphatic hydroxyl groups is 1. The Labute approximate surface area is 109 Å². The van der Waals surface area contributed by atoms with Crippen molar-refractivity contribution in [3.05, 3.63) is 23.9 Å². The molecule has 2 unspecified atom stereocenters. The molecule has 1 saturated carbocycles. The minimum atomic E-state index is -0.435. The van der Waals surface area contributed by atoms with E-state index in [-0.39, 0.29) is 0 Å². The molecule has 2 aliphatic rings. The molecular weight excluding hydrogens is 224 g/mol. The summed E-state index contributed by atoms with van der Waals surface area (Å²) in [6.07, 6.45) is 8.06. The van der Waals surface area contributed by atoms with Gasteiger partial charge in [0.2, 0.25) is 0 Å². The molecule has 2 heterocycles. The molecule has 3 heteroatoms. The normalized spacial score (nSPS) is 29.1. The molecule has 0 aromatic carbocycles. The molecule has 1 N–H and O–H groups in total. The minimum Gasteiger partial charge on any atom is -0.389 e. The Bertz CT molecular complexity index is 419. The van der Waals surface area contributed by atoms with Gasteiger partial charge < -0.3 is 10.0 Å². The van der Waals surface area contributed by atoms with E-state index in [0.717, 1.165) is 23.8 Å². The summed E-state index contributed by atoms with van der Waals surface area (Å²) in [4.78, 5) is 7.01. The number of nitrogens with zero attached hydrogens (tertiary/aromatic N) is 2. The average Bonchev–Trinajstić information content (AvgIpc) is 2.86. The lowest BCUT2D eigenvalue weighted by Crippen LogP contribution is -2.43. The van der Waals surface area contributed by atoms with Crippen LogP contribution in [0.15, 0.2) is 18.3 Å². The Morgan fingerprint density at radius 1 is 1.33 bits per heavy atom. The molecule has 3 atom stereocenters. The van der Waals surface area contributed by atoms with Gasteiger partial charge in [0, 0.05) is 24.3 Å². The number of aromatic nitrogens is 1. The molecule has 18 heavy (non-hydrogen) atoms. The second kappa shape index (κ2) is 4.88. The third-order valence-corrected chi connectivity index (χ3v) is 4.53. The standard InChI is InChI=1S/C15H22N2O/c1-11(18)13-7-3-9-16-15(13)17-10-4-6-12-5-2-8-14(12)17/h3,7,9,11-12,14,18H,2,4-6,8,10H2,1H3/t11-,12?,14?/m1/s1. The predicted molar refractivity (Wildman–Crippen MR) is 72.6 cm³/mol. The van der Waals surface area contributed by atoms with Crippen molar-refractivity contribution < 1.29 is 5.11 Å². The highest BCUT2D eigenvalue weighted by atomic mass is 16.3. The van der Waals surface area contributed by atoms with Crippen molar-refractivity contribution in [2.75, 3.05) is 11.4 Å². The number of hydrogen-bond acceptors (Lipinski definition) is 3. The summed E-state index contributed by atoms with van der Waals surface area (Å²) < 4.78 is 0. The van der Waals surface area contributed by atoms with Gasteiger partial charge in [-0.3, -0.25) is 0 Å². The molecule has 0 amide bonds. The van der Waals surface area contributed by atoms with Gasteiger partial charge in [-0.1, -0.05) is 12.5 Å². The summed E-state index contributed by atoms with van der Waals surface area (Å²) >= 11 is 0. The molecule has 98 valence electrons. The first-order chi connectivity index (χ1) is 8.77. The molecule has 1 saturated heterocycles. The molecule has 1 aromatic rings. The number of anilines is 1. The molecule has 0 radical (unpaired) electrons. The lowest BCUT2D eigenvalue weighted by Gasteiger charge is -2.39. The van der Waals surface area contributed by atoms with Crippen molar-refractivity contribution in [1.29, 1.82) is 0 Å². The van der Waals surface area contributed by atoms with Crippen LogP contribution in [-0.4, -0.2) is 22.7 Å². The van der Waals surface area contributed by atoms with Gasteiger partial charge in [-0.25, -0.2) is 4.98 Å². The van der Waals surface area contributed by atoms with Crippen molar-refractivity contribution in [1.82, 2.24) is 4.98 Å². The minimum absolute atomic E-state index is 0.435. The van der Waals surface area contributed by atoms with Gasteiger partial charge in [0.1, 0.15) is 5.82 Å². The van der Waals surface area contributed by atoms with Crippen molar-refractivity contribution >= 4 is 5.82 Å². The lowest BCUT2D eigenvalue weighted by molar-refractivity contribution is 0.198. The van der Waals surface area contributed by atoms with Gasteiger partial charge in [0.15, 0.2) is 0 Å². The SMILES string of the molecule is C[C@@H](O)c1cccnc1N1CCCC2CCCC21. The van der Waals surface area contributed by atoms with Crippen molar-refractivity contribution in [3.8, 4) is 0 Å². The van der Waals surface area contributed by atoms with Gasteiger partial charge in [-0.2, -0.15) is 0 Å². The van der Waals surface area contributed by atoms with E-state index >= 15 is 0 Å². The number of pyridine rings is 1. The molecule has 0 spiro atoms. The number of fused-ring (bicyclic) bond motifs is 1. The summed E-state index contributed by atoms with van der Waals surface area (Å²) in [5.41, 5.74) is 0.977. The largest absolute Gasteiger partial charge is 0.389 e. The van der Waals surface area contributed by atoms with Crippen LogP contribution in [0.25, 0.3) is 0 Å². The van der Waals surface area contributed by atoms with E-state index in [9.17, 15) is 5.11 Å². The van der Waals surface area contributed by atoms with Crippen molar-refractivity contribution in [2.24, 2.45) is 5.92 Å². The quantitative estimate of drug-likeness (QED) is 0.871. The zero-order chi connectivity index (χ0) is 12.5. The van der Waals surface area contributed by atoms with Crippen LogP contribution in [-0.2, 0) is 0 Å². The topological polar surface area (TPSA) is 36.4 Å². The second-order valence-electron chi connectivity index (χ2n) is 5.69. The highest BCUT2D eigenvalue weighted by Crippen LogP contribution is 2.40. The van der Waals surface area contributed by atoms with E-state index in [1.54, 1.807) is 0 Å². The lowest BCUT2D eigenvalue weighted by atomic mass is 9.91. The summed E-state index contributed by atoms with van der Waals surface area (Å²) in [5.74, 6) is 1.87. The molecule has 3 nitrogen and oxygen atoms in total. The van der Waals surface area contributed by atoms with Crippen LogP contribution in [0.4, 0.5) is 5.82 Å². The Morgan fingerprint density at radius 2 is 2.17 bits per heavy atom. The van der Waals surface area contributed by atoms with Crippen LogP contribution in [0.5, 0.6) is 0 Å². The Balaban J connectivity index is 1.93. The molecule has 1 aliphatic carbocycles. The van der Waals surface area contributed by atoms with E-state index in [4.69, 9.17) is 0 Å². The van der Waals surface area contributed by atoms with E-state index in [0.29, 0.717) is 6.04 Å². The maximum absolute atomic E-state index is 9.91. The van der Waals surface area contributed by atoms with Crippen LogP contribution < -0.4 is 4.90 Å². The van der Waals surface area contributed by atoms with Crippen molar-refractivity contribution in [3.63, 3.8) is 0 Å². The Hall–Kier alpha value is -1.09. The summed E-state index contributed by atoms with van der Waals surface area (Å²) in [6, 6.07) is 4.58. The van der Waals surface area contributed by atoms with Crippen LogP contribution >= 0.6 is 0 Å². The molecule has 1 aliphatic heterocycles. The maximum Gasteiger partial charge on any atom is 0.134 e. The van der Waals surface area contributed by atoms with E-state index in [1.165, 1.54) is 32.1 Å². The molecule has 0 bridgehead atoms. The third-order valence-electron chi connectivity index (χ3n) is 4.53. The number of piperidine rings is 1. The second-order valence-corrected chi connectivity index (χ2v) is 5.69. The van der Waals surface area contributed by atoms with Crippen LogP contribution in [0.1, 0.15) is 50.7 Å². The van der Waals surface area contributed by atoms with E-state index in [2.05, 4.69) is 9.88 Å². The number of rotatable bonds is 2.